The van der Waals surface area contributed by atoms with Gasteiger partial charge < -0.3 is 20.8 Å². The van der Waals surface area contributed by atoms with E-state index in [4.69, 9.17) is 27.3 Å². The van der Waals surface area contributed by atoms with Crippen molar-refractivity contribution in [2.75, 3.05) is 32.1 Å². The van der Waals surface area contributed by atoms with Crippen LogP contribution in [0.2, 0.25) is 0 Å². The molecule has 2 aromatic rings. The van der Waals surface area contributed by atoms with Crippen LogP contribution in [-0.4, -0.2) is 37.7 Å². The number of nitrogens with two attached hydrogens (primary N) is 1. The number of carbonyl (C=O) groups is 1. The first-order valence-corrected chi connectivity index (χ1v) is 9.06. The zero-order chi connectivity index (χ0) is 20.1. The van der Waals surface area contributed by atoms with Crippen LogP contribution < -0.4 is 21.2 Å². The molecule has 0 atom stereocenters. The second kappa shape index (κ2) is 8.76. The van der Waals surface area contributed by atoms with E-state index in [0.717, 1.165) is 11.3 Å². The number of rotatable bonds is 6. The molecule has 0 unspecified atom stereocenters. The van der Waals surface area contributed by atoms with Crippen LogP contribution in [-0.2, 0) is 0 Å². The van der Waals surface area contributed by atoms with Gasteiger partial charge in [0.2, 0.25) is 0 Å². The molecule has 2 aromatic carbocycles. The van der Waals surface area contributed by atoms with Crippen LogP contribution in [0.4, 0.5) is 5.69 Å². The molecule has 8 heteroatoms. The van der Waals surface area contributed by atoms with Gasteiger partial charge in [-0.05, 0) is 42.5 Å². The summed E-state index contributed by atoms with van der Waals surface area (Å²) in [5, 5.41) is 14.2. The van der Waals surface area contributed by atoms with Gasteiger partial charge >= 0.3 is 0 Å². The molecule has 1 aliphatic heterocycles. The summed E-state index contributed by atoms with van der Waals surface area (Å²) in [4.78, 5) is 12.5. The van der Waals surface area contributed by atoms with Crippen LogP contribution in [0.3, 0.4) is 0 Å². The Morgan fingerprint density at radius 3 is 2.71 bits per heavy atom. The van der Waals surface area contributed by atoms with Crippen LogP contribution in [0.5, 0.6) is 5.75 Å². The van der Waals surface area contributed by atoms with E-state index in [2.05, 4.69) is 10.7 Å². The number of carbonyl (C=O) groups excluding carboxylic acids is 1. The van der Waals surface area contributed by atoms with Crippen molar-refractivity contribution in [2.24, 2.45) is 5.73 Å². The highest BCUT2D eigenvalue weighted by Crippen LogP contribution is 2.35. The number of ether oxygens (including phenoxy) is 1. The van der Waals surface area contributed by atoms with E-state index >= 15 is 0 Å². The first-order valence-electron chi connectivity index (χ1n) is 8.68. The summed E-state index contributed by atoms with van der Waals surface area (Å²) in [6, 6.07) is 13.8. The highest BCUT2D eigenvalue weighted by atomic mass is 35.5. The summed E-state index contributed by atoms with van der Waals surface area (Å²) in [5.74, 6) is 0.356. The fourth-order valence-corrected chi connectivity index (χ4v) is 3.13. The molecule has 0 saturated heterocycles. The summed E-state index contributed by atoms with van der Waals surface area (Å²) in [6.07, 6.45) is 0. The average Bonchev–Trinajstić information content (AvgIpc) is 3.05. The third kappa shape index (κ3) is 4.26. The van der Waals surface area contributed by atoms with E-state index in [-0.39, 0.29) is 5.91 Å². The highest BCUT2D eigenvalue weighted by molar-refractivity contribution is 6.33. The summed E-state index contributed by atoms with van der Waals surface area (Å²) in [5.41, 5.74) is 11.8. The van der Waals surface area contributed by atoms with Crippen LogP contribution in [0.15, 0.2) is 47.5 Å². The lowest BCUT2D eigenvalue weighted by atomic mass is 10.1. The number of hydrazine groups is 1. The maximum Gasteiger partial charge on any atom is 0.255 e. The molecule has 1 amide bonds. The Balaban J connectivity index is 1.89. The summed E-state index contributed by atoms with van der Waals surface area (Å²) in [7, 11) is 1.86. The molecule has 0 bridgehead atoms. The first kappa shape index (κ1) is 19.7. The van der Waals surface area contributed by atoms with Gasteiger partial charge in [0.25, 0.3) is 5.91 Å². The van der Waals surface area contributed by atoms with Gasteiger partial charge in [0.05, 0.1) is 28.9 Å². The lowest BCUT2D eigenvalue weighted by molar-refractivity contribution is 0.102. The summed E-state index contributed by atoms with van der Waals surface area (Å²) >= 11 is 6.38. The molecule has 0 radical (unpaired) electrons. The Morgan fingerprint density at radius 2 is 2.11 bits per heavy atom. The molecule has 3 rings (SSSR count). The van der Waals surface area contributed by atoms with Crippen LogP contribution in [0, 0.1) is 11.3 Å². The quantitative estimate of drug-likeness (QED) is 0.692. The van der Waals surface area contributed by atoms with Crippen molar-refractivity contribution in [3.05, 3.63) is 64.2 Å². The minimum absolute atomic E-state index is 0.274. The second-order valence-corrected chi connectivity index (χ2v) is 6.60. The van der Waals surface area contributed by atoms with E-state index in [1.54, 1.807) is 36.4 Å². The van der Waals surface area contributed by atoms with Crippen LogP contribution in [0.1, 0.15) is 21.5 Å². The van der Waals surface area contributed by atoms with Crippen molar-refractivity contribution in [1.29, 1.82) is 5.26 Å². The van der Waals surface area contributed by atoms with Crippen molar-refractivity contribution in [3.63, 3.8) is 0 Å². The standard InChI is InChI=1S/C20H20ClN5O2/c1-26-19(17(21)12-24-26)16-10-15(6-7-18(16)28-9-8-22)25-20(27)14-4-2-13(11-23)3-5-14/h2-7,10,24H,8-9,12,22H2,1H3,(H,25,27). The number of nitrogens with zero attached hydrogens (tertiary/aromatic N) is 2. The van der Waals surface area contributed by atoms with Gasteiger partial charge in [0.1, 0.15) is 12.4 Å². The molecule has 0 aromatic heterocycles. The lowest BCUT2D eigenvalue weighted by Gasteiger charge is -2.20. The normalized spacial score (nSPS) is 13.4. The molecule has 1 aliphatic rings. The average molecular weight is 398 g/mol. The number of nitrogens with one attached hydrogen (secondary N) is 2. The molecule has 1 heterocycles. The molecular formula is C20H20ClN5O2. The van der Waals surface area contributed by atoms with Crippen molar-refractivity contribution in [1.82, 2.24) is 10.4 Å². The SMILES string of the molecule is CN1NCC(Cl)=C1c1cc(NC(=O)c2ccc(C#N)cc2)ccc1OCCN. The maximum absolute atomic E-state index is 12.5. The van der Waals surface area contributed by atoms with Crippen molar-refractivity contribution >= 4 is 28.9 Å². The van der Waals surface area contributed by atoms with Gasteiger partial charge in [-0.3, -0.25) is 4.79 Å². The highest BCUT2D eigenvalue weighted by Gasteiger charge is 2.23. The van der Waals surface area contributed by atoms with Crippen molar-refractivity contribution in [2.45, 2.75) is 0 Å². The summed E-state index contributed by atoms with van der Waals surface area (Å²) < 4.78 is 5.75. The molecule has 0 aliphatic carbocycles. The van der Waals surface area contributed by atoms with Gasteiger partial charge in [-0.15, -0.1) is 0 Å². The molecule has 7 nitrogen and oxygen atoms in total. The van der Waals surface area contributed by atoms with E-state index < -0.39 is 0 Å². The minimum Gasteiger partial charge on any atom is -0.492 e. The van der Waals surface area contributed by atoms with Crippen molar-refractivity contribution < 1.29 is 9.53 Å². The third-order valence-corrected chi connectivity index (χ3v) is 4.52. The predicted molar refractivity (Wildman–Crippen MR) is 109 cm³/mol. The van der Waals surface area contributed by atoms with Gasteiger partial charge in [-0.1, -0.05) is 11.6 Å². The van der Waals surface area contributed by atoms with E-state index in [1.807, 2.05) is 24.2 Å². The van der Waals surface area contributed by atoms with Gasteiger partial charge in [-0.25, -0.2) is 5.43 Å². The van der Waals surface area contributed by atoms with E-state index in [9.17, 15) is 4.79 Å². The molecule has 0 saturated carbocycles. The lowest BCUT2D eigenvalue weighted by Crippen LogP contribution is -2.27. The second-order valence-electron chi connectivity index (χ2n) is 6.14. The predicted octanol–water partition coefficient (Wildman–Crippen LogP) is 2.51. The first-order chi connectivity index (χ1) is 13.5. The monoisotopic (exact) mass is 397 g/mol. The fraction of sp³-hybridized carbons (Fsp3) is 0.200. The molecule has 28 heavy (non-hydrogen) atoms. The maximum atomic E-state index is 12.5. The van der Waals surface area contributed by atoms with Gasteiger partial charge in [0, 0.05) is 30.4 Å². The minimum atomic E-state index is -0.274. The Bertz CT molecular complexity index is 950. The zero-order valence-corrected chi connectivity index (χ0v) is 16.1. The van der Waals surface area contributed by atoms with Crippen LogP contribution >= 0.6 is 11.6 Å². The summed E-state index contributed by atoms with van der Waals surface area (Å²) in [6.45, 7) is 1.27. The Hall–Kier alpha value is -3.05. The molecule has 0 spiro atoms. The topological polar surface area (TPSA) is 103 Å². The number of nitriles is 1. The Morgan fingerprint density at radius 1 is 1.36 bits per heavy atom. The number of benzene rings is 2. The largest absolute Gasteiger partial charge is 0.492 e. The fourth-order valence-electron chi connectivity index (χ4n) is 2.85. The van der Waals surface area contributed by atoms with Gasteiger partial charge in [-0.2, -0.15) is 5.26 Å². The number of hydrogen-bond donors (Lipinski definition) is 3. The zero-order valence-electron chi connectivity index (χ0n) is 15.3. The Labute approximate surface area is 168 Å². The molecular weight excluding hydrogens is 378 g/mol. The number of anilines is 1. The molecule has 4 N–H and O–H groups in total. The number of amides is 1. The third-order valence-electron chi connectivity index (χ3n) is 4.21. The number of hydrogen-bond acceptors (Lipinski definition) is 6. The van der Waals surface area contributed by atoms with Crippen molar-refractivity contribution in [3.8, 4) is 11.8 Å². The number of halogens is 1. The van der Waals surface area contributed by atoms with Crippen LogP contribution in [0.25, 0.3) is 5.70 Å². The van der Waals surface area contributed by atoms with E-state index in [0.29, 0.717) is 47.3 Å². The molecule has 0 fully saturated rings. The van der Waals surface area contributed by atoms with Gasteiger partial charge in [0.15, 0.2) is 0 Å². The smallest absolute Gasteiger partial charge is 0.255 e. The van der Waals surface area contributed by atoms with E-state index in [1.165, 1.54) is 0 Å². The Kier molecular flexibility index (Phi) is 6.16. The molecule has 144 valence electrons.